The van der Waals surface area contributed by atoms with E-state index in [0.717, 1.165) is 5.92 Å². The zero-order valence-corrected chi connectivity index (χ0v) is 12.8. The maximum atomic E-state index is 6.68. The molecule has 19 heavy (non-hydrogen) atoms. The summed E-state index contributed by atoms with van der Waals surface area (Å²) in [6.45, 7) is 4.49. The number of aryl methyl sites for hydroxylation is 1. The first-order chi connectivity index (χ1) is 8.95. The molecule has 1 aromatic carbocycles. The van der Waals surface area contributed by atoms with E-state index in [9.17, 15) is 0 Å². The standard InChI is InChI=1S/C17H28N2/c1-13-7-9-15(10-8-13)16(18)17(19(3)4)11-5-6-14(2)12-17/h7-10,14,16H,5-6,11-12,18H2,1-4H3. The maximum Gasteiger partial charge on any atom is 0.0482 e. The van der Waals surface area contributed by atoms with Gasteiger partial charge in [-0.1, -0.05) is 49.6 Å². The number of nitrogens with zero attached hydrogens (tertiary/aromatic N) is 1. The summed E-state index contributed by atoms with van der Waals surface area (Å²) in [6, 6.07) is 8.84. The van der Waals surface area contributed by atoms with Crippen LogP contribution in [0.3, 0.4) is 0 Å². The number of hydrogen-bond donors (Lipinski definition) is 1. The number of likely N-dealkylation sites (N-methyl/N-ethyl adjacent to an activating group) is 1. The Kier molecular flexibility index (Phi) is 4.32. The molecular formula is C17H28N2. The van der Waals surface area contributed by atoms with E-state index in [0.29, 0.717) is 0 Å². The maximum absolute atomic E-state index is 6.68. The Balaban J connectivity index is 2.30. The molecule has 0 aliphatic heterocycles. The van der Waals surface area contributed by atoms with Gasteiger partial charge in [0.1, 0.15) is 0 Å². The third-order valence-corrected chi connectivity index (χ3v) is 4.91. The van der Waals surface area contributed by atoms with Crippen molar-refractivity contribution in [3.8, 4) is 0 Å². The highest BCUT2D eigenvalue weighted by molar-refractivity contribution is 5.27. The largest absolute Gasteiger partial charge is 0.322 e. The van der Waals surface area contributed by atoms with E-state index in [-0.39, 0.29) is 11.6 Å². The van der Waals surface area contributed by atoms with Crippen LogP contribution >= 0.6 is 0 Å². The van der Waals surface area contributed by atoms with E-state index in [1.54, 1.807) is 0 Å². The average molecular weight is 260 g/mol. The van der Waals surface area contributed by atoms with E-state index < -0.39 is 0 Å². The Bertz CT molecular complexity index is 410. The molecule has 1 aliphatic rings. The fraction of sp³-hybridized carbons (Fsp3) is 0.647. The quantitative estimate of drug-likeness (QED) is 0.901. The van der Waals surface area contributed by atoms with Gasteiger partial charge in [-0.05, 0) is 45.3 Å². The van der Waals surface area contributed by atoms with Crippen LogP contribution in [0.2, 0.25) is 0 Å². The zero-order valence-electron chi connectivity index (χ0n) is 12.8. The topological polar surface area (TPSA) is 29.3 Å². The van der Waals surface area contributed by atoms with Gasteiger partial charge in [-0.15, -0.1) is 0 Å². The second kappa shape index (κ2) is 5.64. The predicted octanol–water partition coefficient (Wildman–Crippen LogP) is 3.51. The molecule has 2 N–H and O–H groups in total. The van der Waals surface area contributed by atoms with Crippen LogP contribution in [0.25, 0.3) is 0 Å². The summed E-state index contributed by atoms with van der Waals surface area (Å²) in [4.78, 5) is 2.37. The summed E-state index contributed by atoms with van der Waals surface area (Å²) in [6.07, 6.45) is 5.05. The lowest BCUT2D eigenvalue weighted by Crippen LogP contribution is -2.54. The molecule has 1 aromatic rings. The van der Waals surface area contributed by atoms with Gasteiger partial charge in [0.25, 0.3) is 0 Å². The van der Waals surface area contributed by atoms with Crippen LogP contribution in [0.4, 0.5) is 0 Å². The van der Waals surface area contributed by atoms with Crippen LogP contribution in [0, 0.1) is 12.8 Å². The van der Waals surface area contributed by atoms with Crippen molar-refractivity contribution in [2.75, 3.05) is 14.1 Å². The van der Waals surface area contributed by atoms with Gasteiger partial charge < -0.3 is 10.6 Å². The van der Waals surface area contributed by atoms with Gasteiger partial charge in [0, 0.05) is 11.6 Å². The fourth-order valence-corrected chi connectivity index (χ4v) is 3.62. The molecule has 1 aliphatic carbocycles. The molecule has 0 radical (unpaired) electrons. The van der Waals surface area contributed by atoms with Crippen molar-refractivity contribution in [3.05, 3.63) is 35.4 Å². The van der Waals surface area contributed by atoms with Gasteiger partial charge in [0.15, 0.2) is 0 Å². The minimum atomic E-state index is 0.103. The Hall–Kier alpha value is -0.860. The smallest absolute Gasteiger partial charge is 0.0482 e. The van der Waals surface area contributed by atoms with E-state index >= 15 is 0 Å². The molecule has 0 heterocycles. The highest BCUT2D eigenvalue weighted by Gasteiger charge is 2.42. The third-order valence-electron chi connectivity index (χ3n) is 4.91. The summed E-state index contributed by atoms with van der Waals surface area (Å²) in [7, 11) is 4.37. The minimum absolute atomic E-state index is 0.103. The first-order valence-corrected chi connectivity index (χ1v) is 7.45. The molecule has 3 atom stereocenters. The molecule has 2 rings (SSSR count). The number of benzene rings is 1. The molecule has 0 saturated heterocycles. The predicted molar refractivity (Wildman–Crippen MR) is 82.2 cm³/mol. The van der Waals surface area contributed by atoms with Gasteiger partial charge in [-0.2, -0.15) is 0 Å². The lowest BCUT2D eigenvalue weighted by Gasteiger charge is -2.49. The van der Waals surface area contributed by atoms with Crippen molar-refractivity contribution in [3.63, 3.8) is 0 Å². The summed E-state index contributed by atoms with van der Waals surface area (Å²) in [5.41, 5.74) is 9.36. The lowest BCUT2D eigenvalue weighted by atomic mass is 9.70. The zero-order chi connectivity index (χ0) is 14.0. The highest BCUT2D eigenvalue weighted by atomic mass is 15.2. The van der Waals surface area contributed by atoms with Gasteiger partial charge in [-0.3, -0.25) is 0 Å². The molecule has 0 spiro atoms. The van der Waals surface area contributed by atoms with Crippen molar-refractivity contribution in [2.24, 2.45) is 11.7 Å². The minimum Gasteiger partial charge on any atom is -0.322 e. The normalized spacial score (nSPS) is 29.5. The van der Waals surface area contributed by atoms with Crippen LogP contribution in [0.15, 0.2) is 24.3 Å². The number of hydrogen-bond acceptors (Lipinski definition) is 2. The molecule has 2 heteroatoms. The molecule has 2 nitrogen and oxygen atoms in total. The molecule has 1 saturated carbocycles. The van der Waals surface area contributed by atoms with Crippen molar-refractivity contribution in [2.45, 2.75) is 51.1 Å². The van der Waals surface area contributed by atoms with E-state index in [4.69, 9.17) is 5.73 Å². The average Bonchev–Trinajstić information content (AvgIpc) is 2.38. The Morgan fingerprint density at radius 2 is 1.89 bits per heavy atom. The Morgan fingerprint density at radius 3 is 2.42 bits per heavy atom. The molecule has 3 unspecified atom stereocenters. The second-order valence-corrected chi connectivity index (χ2v) is 6.59. The highest BCUT2D eigenvalue weighted by Crippen LogP contribution is 2.42. The van der Waals surface area contributed by atoms with Crippen molar-refractivity contribution in [1.29, 1.82) is 0 Å². The molecule has 0 aromatic heterocycles. The first-order valence-electron chi connectivity index (χ1n) is 7.45. The van der Waals surface area contributed by atoms with Crippen LogP contribution in [0.5, 0.6) is 0 Å². The number of rotatable bonds is 3. The van der Waals surface area contributed by atoms with Crippen molar-refractivity contribution >= 4 is 0 Å². The first kappa shape index (κ1) is 14.5. The SMILES string of the molecule is Cc1ccc(C(N)C2(N(C)C)CCCC(C)C2)cc1. The van der Waals surface area contributed by atoms with Crippen LogP contribution < -0.4 is 5.73 Å². The summed E-state index contributed by atoms with van der Waals surface area (Å²) in [5.74, 6) is 0.771. The van der Waals surface area contributed by atoms with Crippen LogP contribution in [-0.2, 0) is 0 Å². The van der Waals surface area contributed by atoms with Gasteiger partial charge in [0.05, 0.1) is 0 Å². The van der Waals surface area contributed by atoms with Gasteiger partial charge in [0.2, 0.25) is 0 Å². The Morgan fingerprint density at radius 1 is 1.26 bits per heavy atom. The molecule has 1 fully saturated rings. The Labute approximate surface area is 118 Å². The number of nitrogens with two attached hydrogens (primary N) is 1. The molecule has 0 bridgehead atoms. The summed E-state index contributed by atoms with van der Waals surface area (Å²) < 4.78 is 0. The van der Waals surface area contributed by atoms with E-state index in [1.807, 2.05) is 0 Å². The second-order valence-electron chi connectivity index (χ2n) is 6.59. The molecule has 0 amide bonds. The van der Waals surface area contributed by atoms with E-state index in [1.165, 1.54) is 36.8 Å². The van der Waals surface area contributed by atoms with Gasteiger partial charge in [-0.25, -0.2) is 0 Å². The molecule has 106 valence electrons. The van der Waals surface area contributed by atoms with E-state index in [2.05, 4.69) is 57.1 Å². The van der Waals surface area contributed by atoms with Gasteiger partial charge >= 0.3 is 0 Å². The summed E-state index contributed by atoms with van der Waals surface area (Å²) >= 11 is 0. The monoisotopic (exact) mass is 260 g/mol. The summed E-state index contributed by atoms with van der Waals surface area (Å²) in [5, 5.41) is 0. The van der Waals surface area contributed by atoms with Crippen LogP contribution in [0.1, 0.15) is 49.8 Å². The fourth-order valence-electron chi connectivity index (χ4n) is 3.62. The third kappa shape index (κ3) is 2.85. The molecular weight excluding hydrogens is 232 g/mol. The van der Waals surface area contributed by atoms with Crippen molar-refractivity contribution < 1.29 is 0 Å². The van der Waals surface area contributed by atoms with Crippen molar-refractivity contribution in [1.82, 2.24) is 4.90 Å². The van der Waals surface area contributed by atoms with Crippen LogP contribution in [-0.4, -0.2) is 24.5 Å². The lowest BCUT2D eigenvalue weighted by molar-refractivity contribution is 0.0499.